The van der Waals surface area contributed by atoms with Gasteiger partial charge in [-0.3, -0.25) is 0 Å². The Balaban J connectivity index is 1.92. The van der Waals surface area contributed by atoms with Crippen molar-refractivity contribution >= 4 is 22.4 Å². The Kier molecular flexibility index (Phi) is 4.41. The van der Waals surface area contributed by atoms with E-state index in [1.54, 1.807) is 11.3 Å². The SMILES string of the molecule is CCNC(=NCc1csc(N(C)C)n1)NC1CC1. The molecule has 1 fully saturated rings. The molecule has 0 aromatic carbocycles. The zero-order valence-electron chi connectivity index (χ0n) is 11.2. The van der Waals surface area contributed by atoms with Crippen molar-refractivity contribution in [2.75, 3.05) is 25.5 Å². The first-order chi connectivity index (χ1) is 8.69. The van der Waals surface area contributed by atoms with Crippen LogP contribution in [0.15, 0.2) is 10.4 Å². The van der Waals surface area contributed by atoms with E-state index in [0.29, 0.717) is 12.6 Å². The van der Waals surface area contributed by atoms with Gasteiger partial charge in [0.2, 0.25) is 0 Å². The van der Waals surface area contributed by atoms with E-state index in [1.165, 1.54) is 12.8 Å². The molecule has 0 radical (unpaired) electrons. The summed E-state index contributed by atoms with van der Waals surface area (Å²) in [6.45, 7) is 3.60. The van der Waals surface area contributed by atoms with E-state index in [2.05, 4.69) is 32.9 Å². The summed E-state index contributed by atoms with van der Waals surface area (Å²) in [5.41, 5.74) is 1.02. The van der Waals surface area contributed by atoms with Crippen LogP contribution >= 0.6 is 11.3 Å². The lowest BCUT2D eigenvalue weighted by Crippen LogP contribution is -2.38. The van der Waals surface area contributed by atoms with Crippen LogP contribution < -0.4 is 15.5 Å². The Hall–Kier alpha value is -1.30. The monoisotopic (exact) mass is 267 g/mol. The number of anilines is 1. The second-order valence-corrected chi connectivity index (χ2v) is 5.47. The number of thiazole rings is 1. The maximum absolute atomic E-state index is 4.56. The van der Waals surface area contributed by atoms with E-state index in [0.717, 1.165) is 23.3 Å². The molecule has 1 aromatic heterocycles. The van der Waals surface area contributed by atoms with Crippen molar-refractivity contribution in [2.24, 2.45) is 4.99 Å². The topological polar surface area (TPSA) is 52.6 Å². The molecule has 1 saturated carbocycles. The smallest absolute Gasteiger partial charge is 0.191 e. The molecule has 0 atom stereocenters. The number of aromatic nitrogens is 1. The fraction of sp³-hybridized carbons (Fsp3) is 0.667. The average Bonchev–Trinajstić information content (AvgIpc) is 3.01. The number of aliphatic imine (C=N–C) groups is 1. The van der Waals surface area contributed by atoms with Crippen molar-refractivity contribution in [1.29, 1.82) is 0 Å². The molecule has 0 amide bonds. The number of nitrogens with zero attached hydrogens (tertiary/aromatic N) is 3. The third-order valence-electron chi connectivity index (χ3n) is 2.58. The number of hydrogen-bond donors (Lipinski definition) is 2. The van der Waals surface area contributed by atoms with E-state index < -0.39 is 0 Å². The molecule has 2 rings (SSSR count). The molecule has 5 nitrogen and oxygen atoms in total. The molecule has 100 valence electrons. The third kappa shape index (κ3) is 3.87. The molecule has 0 aliphatic heterocycles. The lowest BCUT2D eigenvalue weighted by Gasteiger charge is -2.09. The molecule has 18 heavy (non-hydrogen) atoms. The van der Waals surface area contributed by atoms with Gasteiger partial charge in [0.15, 0.2) is 11.1 Å². The number of hydrogen-bond acceptors (Lipinski definition) is 4. The van der Waals surface area contributed by atoms with Gasteiger partial charge in [0.1, 0.15) is 0 Å². The quantitative estimate of drug-likeness (QED) is 0.626. The van der Waals surface area contributed by atoms with Gasteiger partial charge in [-0.15, -0.1) is 11.3 Å². The Labute approximate surface area is 112 Å². The predicted octanol–water partition coefficient (Wildman–Crippen LogP) is 1.43. The van der Waals surface area contributed by atoms with E-state index in [4.69, 9.17) is 0 Å². The molecule has 1 aromatic rings. The maximum atomic E-state index is 4.56. The van der Waals surface area contributed by atoms with Gasteiger partial charge in [0.05, 0.1) is 12.2 Å². The summed E-state index contributed by atoms with van der Waals surface area (Å²) in [5.74, 6) is 0.902. The Morgan fingerprint density at radius 1 is 1.56 bits per heavy atom. The predicted molar refractivity (Wildman–Crippen MR) is 77.4 cm³/mol. The Bertz CT molecular complexity index is 408. The van der Waals surface area contributed by atoms with E-state index in [9.17, 15) is 0 Å². The molecule has 0 saturated heterocycles. The fourth-order valence-electron chi connectivity index (χ4n) is 1.48. The largest absolute Gasteiger partial charge is 0.357 e. The maximum Gasteiger partial charge on any atom is 0.191 e. The molecule has 2 N–H and O–H groups in total. The van der Waals surface area contributed by atoms with Gasteiger partial charge < -0.3 is 15.5 Å². The van der Waals surface area contributed by atoms with Crippen LogP contribution in [0.4, 0.5) is 5.13 Å². The summed E-state index contributed by atoms with van der Waals surface area (Å²) in [6.07, 6.45) is 2.51. The normalized spacial score (nSPS) is 15.6. The molecule has 0 unspecified atom stereocenters. The van der Waals surface area contributed by atoms with Crippen molar-refractivity contribution < 1.29 is 0 Å². The lowest BCUT2D eigenvalue weighted by molar-refractivity contribution is 0.809. The van der Waals surface area contributed by atoms with Crippen LogP contribution in [0.5, 0.6) is 0 Å². The Morgan fingerprint density at radius 3 is 2.89 bits per heavy atom. The van der Waals surface area contributed by atoms with Crippen LogP contribution in [0.1, 0.15) is 25.5 Å². The molecule has 6 heteroatoms. The van der Waals surface area contributed by atoms with Gasteiger partial charge >= 0.3 is 0 Å². The number of nitrogens with one attached hydrogen (secondary N) is 2. The van der Waals surface area contributed by atoms with Crippen LogP contribution in [0.3, 0.4) is 0 Å². The van der Waals surface area contributed by atoms with Gasteiger partial charge in [0, 0.05) is 32.1 Å². The van der Waals surface area contributed by atoms with Crippen LogP contribution in [0, 0.1) is 0 Å². The van der Waals surface area contributed by atoms with Crippen molar-refractivity contribution in [3.8, 4) is 0 Å². The molecule has 1 aliphatic rings. The minimum Gasteiger partial charge on any atom is -0.357 e. The lowest BCUT2D eigenvalue weighted by atomic mass is 10.5. The summed E-state index contributed by atoms with van der Waals surface area (Å²) in [7, 11) is 4.01. The zero-order chi connectivity index (χ0) is 13.0. The van der Waals surface area contributed by atoms with Crippen molar-refractivity contribution in [3.05, 3.63) is 11.1 Å². The summed E-state index contributed by atoms with van der Waals surface area (Å²) in [4.78, 5) is 11.1. The second-order valence-electron chi connectivity index (χ2n) is 4.63. The highest BCUT2D eigenvalue weighted by molar-refractivity contribution is 7.13. The molecule has 0 spiro atoms. The van der Waals surface area contributed by atoms with Gasteiger partial charge in [-0.25, -0.2) is 9.98 Å². The van der Waals surface area contributed by atoms with Gasteiger partial charge in [-0.1, -0.05) is 0 Å². The number of guanidine groups is 1. The van der Waals surface area contributed by atoms with E-state index >= 15 is 0 Å². The van der Waals surface area contributed by atoms with Crippen LogP contribution in [-0.2, 0) is 6.54 Å². The minimum atomic E-state index is 0.621. The summed E-state index contributed by atoms with van der Waals surface area (Å²) in [5, 5.41) is 9.75. The fourth-order valence-corrected chi connectivity index (χ4v) is 2.22. The molecule has 0 bridgehead atoms. The van der Waals surface area contributed by atoms with Crippen molar-refractivity contribution in [3.63, 3.8) is 0 Å². The van der Waals surface area contributed by atoms with E-state index in [1.807, 2.05) is 19.0 Å². The highest BCUT2D eigenvalue weighted by Gasteiger charge is 2.22. The molecule has 1 heterocycles. The summed E-state index contributed by atoms with van der Waals surface area (Å²) in [6, 6.07) is 0.621. The second kappa shape index (κ2) is 6.04. The summed E-state index contributed by atoms with van der Waals surface area (Å²) < 4.78 is 0. The van der Waals surface area contributed by atoms with Crippen LogP contribution in [-0.4, -0.2) is 37.6 Å². The van der Waals surface area contributed by atoms with Crippen molar-refractivity contribution in [2.45, 2.75) is 32.4 Å². The van der Waals surface area contributed by atoms with Crippen LogP contribution in [0.25, 0.3) is 0 Å². The van der Waals surface area contributed by atoms with Gasteiger partial charge in [-0.2, -0.15) is 0 Å². The van der Waals surface area contributed by atoms with E-state index in [-0.39, 0.29) is 0 Å². The average molecular weight is 267 g/mol. The first kappa shape index (κ1) is 13.1. The minimum absolute atomic E-state index is 0.621. The third-order valence-corrected chi connectivity index (χ3v) is 3.64. The highest BCUT2D eigenvalue weighted by atomic mass is 32.1. The molecular weight excluding hydrogens is 246 g/mol. The number of rotatable bonds is 5. The van der Waals surface area contributed by atoms with Crippen molar-refractivity contribution in [1.82, 2.24) is 15.6 Å². The molecular formula is C12H21N5S. The van der Waals surface area contributed by atoms with Gasteiger partial charge in [-0.05, 0) is 19.8 Å². The first-order valence-electron chi connectivity index (χ1n) is 6.35. The Morgan fingerprint density at radius 2 is 2.33 bits per heavy atom. The molecule has 1 aliphatic carbocycles. The van der Waals surface area contributed by atoms with Gasteiger partial charge in [0.25, 0.3) is 0 Å². The summed E-state index contributed by atoms with van der Waals surface area (Å²) >= 11 is 1.65. The zero-order valence-corrected chi connectivity index (χ0v) is 12.0. The van der Waals surface area contributed by atoms with Crippen LogP contribution in [0.2, 0.25) is 0 Å². The highest BCUT2D eigenvalue weighted by Crippen LogP contribution is 2.19. The first-order valence-corrected chi connectivity index (χ1v) is 7.23. The standard InChI is InChI=1S/C12H21N5S/c1-4-13-11(15-9-5-6-9)14-7-10-8-18-12(16-10)17(2)3/h8-9H,4-7H2,1-3H3,(H2,13,14,15).